The van der Waals surface area contributed by atoms with Crippen molar-refractivity contribution in [1.82, 2.24) is 9.88 Å². The van der Waals surface area contributed by atoms with Crippen LogP contribution < -0.4 is 10.2 Å². The van der Waals surface area contributed by atoms with Crippen molar-refractivity contribution >= 4 is 40.9 Å². The average Bonchev–Trinajstić information content (AvgIpc) is 2.88. The maximum Gasteiger partial charge on any atom is 0.270 e. The van der Waals surface area contributed by atoms with Crippen LogP contribution >= 0.6 is 12.2 Å². The number of nitrogens with zero attached hydrogens (tertiary/aromatic N) is 2. The van der Waals surface area contributed by atoms with Crippen LogP contribution in [0.15, 0.2) is 48.2 Å². The molecule has 1 aromatic heterocycles. The van der Waals surface area contributed by atoms with Gasteiger partial charge in [0.1, 0.15) is 5.57 Å². The van der Waals surface area contributed by atoms with E-state index in [4.69, 9.17) is 12.2 Å². The van der Waals surface area contributed by atoms with Crippen LogP contribution in [0.5, 0.6) is 0 Å². The number of thiocarbonyl (C=S) groups is 1. The minimum atomic E-state index is -0.481. The van der Waals surface area contributed by atoms with Crippen molar-refractivity contribution in [2.24, 2.45) is 7.05 Å². The molecular weight excluding hydrogens is 310 g/mol. The Morgan fingerprint density at radius 2 is 1.96 bits per heavy atom. The first-order chi connectivity index (χ1) is 11.0. The third-order valence-electron chi connectivity index (χ3n) is 3.64. The predicted octanol–water partition coefficient (Wildman–Crippen LogP) is 2.16. The Balaban J connectivity index is 2.04. The van der Waals surface area contributed by atoms with Crippen molar-refractivity contribution in [3.63, 3.8) is 0 Å². The Morgan fingerprint density at radius 1 is 1.17 bits per heavy atom. The highest BCUT2D eigenvalue weighted by Crippen LogP contribution is 2.22. The van der Waals surface area contributed by atoms with E-state index >= 15 is 0 Å². The van der Waals surface area contributed by atoms with Crippen LogP contribution in [0.3, 0.4) is 0 Å². The topological polar surface area (TPSA) is 54.3 Å². The molecule has 1 aliphatic heterocycles. The van der Waals surface area contributed by atoms with Crippen LogP contribution in [0, 0.1) is 6.92 Å². The number of aryl methyl sites for hydroxylation is 2. The number of carbonyl (C=O) groups is 2. The molecule has 0 spiro atoms. The fraction of sp³-hybridized carbons (Fsp3) is 0.118. The lowest BCUT2D eigenvalue weighted by Crippen LogP contribution is -2.54. The summed E-state index contributed by atoms with van der Waals surface area (Å²) >= 11 is 5.17. The second-order valence-corrected chi connectivity index (χ2v) is 5.73. The lowest BCUT2D eigenvalue weighted by Gasteiger charge is -2.29. The molecule has 2 aromatic rings. The second-order valence-electron chi connectivity index (χ2n) is 5.34. The van der Waals surface area contributed by atoms with Gasteiger partial charge in [-0.3, -0.25) is 19.8 Å². The van der Waals surface area contributed by atoms with Crippen LogP contribution in [0.2, 0.25) is 0 Å². The molecule has 0 bridgehead atoms. The van der Waals surface area contributed by atoms with E-state index < -0.39 is 11.8 Å². The van der Waals surface area contributed by atoms with Crippen LogP contribution in [-0.2, 0) is 16.6 Å². The molecule has 1 aliphatic rings. The van der Waals surface area contributed by atoms with Crippen molar-refractivity contribution in [2.45, 2.75) is 6.92 Å². The normalized spacial score (nSPS) is 16.9. The molecule has 0 aliphatic carbocycles. The standard InChI is InChI=1S/C17H15N3O2S/c1-11-5-3-6-13(9-11)20-16(22)14(15(21)18-17(20)23)10-12-7-4-8-19(12)2/h3-10H,1-2H3,(H,18,21,23)/b14-10+. The third-order valence-corrected chi connectivity index (χ3v) is 3.92. The monoisotopic (exact) mass is 325 g/mol. The lowest BCUT2D eigenvalue weighted by atomic mass is 10.1. The van der Waals surface area contributed by atoms with Crippen molar-refractivity contribution in [3.8, 4) is 0 Å². The number of carbonyl (C=O) groups excluding carboxylic acids is 2. The fourth-order valence-electron chi connectivity index (χ4n) is 2.43. The van der Waals surface area contributed by atoms with Gasteiger partial charge < -0.3 is 4.57 Å². The first-order valence-corrected chi connectivity index (χ1v) is 7.47. The van der Waals surface area contributed by atoms with Crippen molar-refractivity contribution < 1.29 is 9.59 Å². The number of rotatable bonds is 2. The number of hydrogen-bond donors (Lipinski definition) is 1. The van der Waals surface area contributed by atoms with E-state index in [0.717, 1.165) is 11.3 Å². The summed E-state index contributed by atoms with van der Waals surface area (Å²) in [6, 6.07) is 11.1. The largest absolute Gasteiger partial charge is 0.351 e. The van der Waals surface area contributed by atoms with Gasteiger partial charge in [0.05, 0.1) is 5.69 Å². The Labute approximate surface area is 139 Å². The van der Waals surface area contributed by atoms with Crippen molar-refractivity contribution in [1.29, 1.82) is 0 Å². The lowest BCUT2D eigenvalue weighted by molar-refractivity contribution is -0.122. The number of amides is 2. The van der Waals surface area contributed by atoms with E-state index in [2.05, 4.69) is 5.32 Å². The first kappa shape index (κ1) is 15.2. The summed E-state index contributed by atoms with van der Waals surface area (Å²) < 4.78 is 1.83. The van der Waals surface area contributed by atoms with Gasteiger partial charge in [-0.15, -0.1) is 0 Å². The van der Waals surface area contributed by atoms with E-state index in [1.807, 2.05) is 55.1 Å². The minimum absolute atomic E-state index is 0.0573. The fourth-order valence-corrected chi connectivity index (χ4v) is 2.71. The van der Waals surface area contributed by atoms with Gasteiger partial charge in [0, 0.05) is 18.9 Å². The van der Waals surface area contributed by atoms with Crippen LogP contribution in [0.1, 0.15) is 11.3 Å². The summed E-state index contributed by atoms with van der Waals surface area (Å²) in [5, 5.41) is 2.67. The van der Waals surface area contributed by atoms with Gasteiger partial charge >= 0.3 is 0 Å². The van der Waals surface area contributed by atoms with Gasteiger partial charge in [-0.2, -0.15) is 0 Å². The number of anilines is 1. The maximum atomic E-state index is 12.8. The zero-order valence-electron chi connectivity index (χ0n) is 12.7. The van der Waals surface area contributed by atoms with Gasteiger partial charge in [0.2, 0.25) is 0 Å². The van der Waals surface area contributed by atoms with E-state index in [-0.39, 0.29) is 10.7 Å². The number of hydrogen-bond acceptors (Lipinski definition) is 3. The van der Waals surface area contributed by atoms with Gasteiger partial charge in [-0.25, -0.2) is 0 Å². The first-order valence-electron chi connectivity index (χ1n) is 7.07. The van der Waals surface area contributed by atoms with E-state index in [0.29, 0.717) is 5.69 Å². The Hall–Kier alpha value is -2.73. The molecular formula is C17H15N3O2S. The van der Waals surface area contributed by atoms with E-state index in [1.165, 1.54) is 4.90 Å². The molecule has 0 unspecified atom stereocenters. The number of nitrogens with one attached hydrogen (secondary N) is 1. The summed E-state index contributed by atoms with van der Waals surface area (Å²) in [7, 11) is 1.85. The highest BCUT2D eigenvalue weighted by molar-refractivity contribution is 7.80. The highest BCUT2D eigenvalue weighted by atomic mass is 32.1. The SMILES string of the molecule is Cc1cccc(N2C(=O)/C(=C/c3cccn3C)C(=O)NC2=S)c1. The van der Waals surface area contributed by atoms with Gasteiger partial charge in [-0.05, 0) is 55.0 Å². The molecule has 1 N–H and O–H groups in total. The van der Waals surface area contributed by atoms with Gasteiger partial charge in [0.25, 0.3) is 11.8 Å². The molecule has 0 atom stereocenters. The predicted molar refractivity (Wildman–Crippen MR) is 92.8 cm³/mol. The number of benzene rings is 1. The molecule has 5 nitrogen and oxygen atoms in total. The molecule has 1 aromatic carbocycles. The van der Waals surface area contributed by atoms with Crippen LogP contribution in [0.4, 0.5) is 5.69 Å². The van der Waals surface area contributed by atoms with Crippen molar-refractivity contribution in [2.75, 3.05) is 4.90 Å². The summed E-state index contributed by atoms with van der Waals surface area (Å²) in [6.45, 7) is 1.93. The average molecular weight is 325 g/mol. The van der Waals surface area contributed by atoms with Crippen LogP contribution in [-0.4, -0.2) is 21.5 Å². The Bertz CT molecular complexity index is 851. The van der Waals surface area contributed by atoms with Gasteiger partial charge in [-0.1, -0.05) is 12.1 Å². The van der Waals surface area contributed by atoms with E-state index in [9.17, 15) is 9.59 Å². The third kappa shape index (κ3) is 2.80. The number of aromatic nitrogens is 1. The van der Waals surface area contributed by atoms with Gasteiger partial charge in [0.15, 0.2) is 5.11 Å². The Morgan fingerprint density at radius 3 is 2.61 bits per heavy atom. The zero-order valence-corrected chi connectivity index (χ0v) is 13.6. The summed E-state index contributed by atoms with van der Waals surface area (Å²) in [5.74, 6) is -0.907. The smallest absolute Gasteiger partial charge is 0.270 e. The summed E-state index contributed by atoms with van der Waals surface area (Å²) in [6.07, 6.45) is 3.42. The maximum absolute atomic E-state index is 12.8. The molecule has 2 amide bonds. The van der Waals surface area contributed by atoms with Crippen molar-refractivity contribution in [3.05, 3.63) is 59.4 Å². The quantitative estimate of drug-likeness (QED) is 0.523. The highest BCUT2D eigenvalue weighted by Gasteiger charge is 2.34. The molecule has 6 heteroatoms. The summed E-state index contributed by atoms with van der Waals surface area (Å²) in [5.41, 5.74) is 2.46. The molecule has 116 valence electrons. The van der Waals surface area contributed by atoms with Crippen LogP contribution in [0.25, 0.3) is 6.08 Å². The molecule has 3 rings (SSSR count). The molecule has 23 heavy (non-hydrogen) atoms. The van der Waals surface area contributed by atoms with E-state index in [1.54, 1.807) is 12.1 Å². The zero-order chi connectivity index (χ0) is 16.6. The minimum Gasteiger partial charge on any atom is -0.351 e. The molecule has 0 radical (unpaired) electrons. The molecule has 0 saturated carbocycles. The Kier molecular flexibility index (Phi) is 3.83. The molecule has 1 saturated heterocycles. The summed E-state index contributed by atoms with van der Waals surface area (Å²) in [4.78, 5) is 26.3. The molecule has 1 fully saturated rings. The second kappa shape index (κ2) is 5.81. The molecule has 2 heterocycles.